The summed E-state index contributed by atoms with van der Waals surface area (Å²) in [5.41, 5.74) is -0.0133. The maximum absolute atomic E-state index is 10.4. The Morgan fingerprint density at radius 1 is 1.43 bits per heavy atom. The second-order valence-electron chi connectivity index (χ2n) is 4.64. The minimum Gasteiger partial charge on any atom is -0.387 e. The van der Waals surface area contributed by atoms with Gasteiger partial charge in [0.1, 0.15) is 12.4 Å². The molecule has 1 fully saturated rings. The first-order chi connectivity index (χ1) is 6.46. The zero-order chi connectivity index (χ0) is 10.8. The molecule has 1 aliphatic rings. The van der Waals surface area contributed by atoms with Crippen LogP contribution in [0.15, 0.2) is 0 Å². The Bertz CT molecular complexity index is 192. The summed E-state index contributed by atoms with van der Waals surface area (Å²) in [4.78, 5) is 10.4. The molecule has 0 spiro atoms. The van der Waals surface area contributed by atoms with E-state index in [1.54, 1.807) is 6.92 Å². The highest BCUT2D eigenvalue weighted by atomic mass is 16.7. The van der Waals surface area contributed by atoms with Gasteiger partial charge >= 0.3 is 0 Å². The number of aliphatic hydroxyl groups is 1. The highest BCUT2D eigenvalue weighted by molar-refractivity contribution is 5.53. The molecule has 0 radical (unpaired) electrons. The molecular formula is C10H18O4. The Morgan fingerprint density at radius 2 is 1.93 bits per heavy atom. The van der Waals surface area contributed by atoms with Gasteiger partial charge in [0.15, 0.2) is 6.29 Å². The molecule has 1 aliphatic heterocycles. The van der Waals surface area contributed by atoms with E-state index in [1.807, 2.05) is 13.8 Å². The van der Waals surface area contributed by atoms with Crippen LogP contribution in [0.25, 0.3) is 0 Å². The van der Waals surface area contributed by atoms with E-state index in [1.165, 1.54) is 0 Å². The summed E-state index contributed by atoms with van der Waals surface area (Å²) in [6, 6.07) is 0. The third-order valence-corrected chi connectivity index (χ3v) is 2.31. The van der Waals surface area contributed by atoms with Crippen LogP contribution in [0.5, 0.6) is 0 Å². The normalized spacial score (nSPS) is 26.9. The number of carbonyl (C=O) groups is 1. The minimum atomic E-state index is -0.872. The summed E-state index contributed by atoms with van der Waals surface area (Å²) in [7, 11) is 0. The van der Waals surface area contributed by atoms with Crippen molar-refractivity contribution in [1.29, 1.82) is 0 Å². The van der Waals surface area contributed by atoms with Gasteiger partial charge in [0.2, 0.25) is 0 Å². The predicted octanol–water partition coefficient (Wildman–Crippen LogP) is 0.581. The Hall–Kier alpha value is -0.450. The van der Waals surface area contributed by atoms with Crippen LogP contribution in [0.3, 0.4) is 0 Å². The van der Waals surface area contributed by atoms with E-state index in [4.69, 9.17) is 9.47 Å². The standard InChI is InChI=1S/C10H18O4/c1-7(4-11)8(12)9-13-5-10(2,3)6-14-9/h4,7-9,12H,5-6H2,1-3H3. The van der Waals surface area contributed by atoms with E-state index in [0.29, 0.717) is 19.5 Å². The molecule has 14 heavy (non-hydrogen) atoms. The molecule has 4 heteroatoms. The number of ether oxygens (including phenoxy) is 2. The average molecular weight is 202 g/mol. The van der Waals surface area contributed by atoms with E-state index in [0.717, 1.165) is 0 Å². The molecule has 82 valence electrons. The molecule has 0 aromatic carbocycles. The molecular weight excluding hydrogens is 184 g/mol. The maximum atomic E-state index is 10.4. The van der Waals surface area contributed by atoms with Crippen LogP contribution in [0.1, 0.15) is 20.8 Å². The van der Waals surface area contributed by atoms with Crippen LogP contribution in [0, 0.1) is 11.3 Å². The summed E-state index contributed by atoms with van der Waals surface area (Å²) in [6.07, 6.45) is -0.830. The van der Waals surface area contributed by atoms with Gasteiger partial charge in [-0.3, -0.25) is 0 Å². The molecule has 0 saturated carbocycles. The van der Waals surface area contributed by atoms with Crippen LogP contribution in [-0.4, -0.2) is 37.0 Å². The number of hydrogen-bond donors (Lipinski definition) is 1. The summed E-state index contributed by atoms with van der Waals surface area (Å²) in [6.45, 7) is 6.78. The topological polar surface area (TPSA) is 55.8 Å². The second kappa shape index (κ2) is 4.38. The highest BCUT2D eigenvalue weighted by Crippen LogP contribution is 2.25. The predicted molar refractivity (Wildman–Crippen MR) is 50.7 cm³/mol. The number of hydrogen-bond acceptors (Lipinski definition) is 4. The molecule has 0 aromatic heterocycles. The summed E-state index contributed by atoms with van der Waals surface area (Å²) in [5.74, 6) is -0.457. The van der Waals surface area contributed by atoms with Gasteiger partial charge in [0, 0.05) is 11.3 Å². The first-order valence-corrected chi connectivity index (χ1v) is 4.83. The van der Waals surface area contributed by atoms with Crippen molar-refractivity contribution in [2.75, 3.05) is 13.2 Å². The van der Waals surface area contributed by atoms with E-state index >= 15 is 0 Å². The third-order valence-electron chi connectivity index (χ3n) is 2.31. The van der Waals surface area contributed by atoms with Crippen LogP contribution >= 0.6 is 0 Å². The zero-order valence-electron chi connectivity index (χ0n) is 8.90. The highest BCUT2D eigenvalue weighted by Gasteiger charge is 2.34. The van der Waals surface area contributed by atoms with Crippen molar-refractivity contribution in [3.05, 3.63) is 0 Å². The molecule has 4 nitrogen and oxygen atoms in total. The van der Waals surface area contributed by atoms with Crippen molar-refractivity contribution < 1.29 is 19.4 Å². The fourth-order valence-corrected chi connectivity index (χ4v) is 1.23. The SMILES string of the molecule is CC(C=O)C(O)C1OCC(C)(C)CO1. The molecule has 0 bridgehead atoms. The van der Waals surface area contributed by atoms with Crippen LogP contribution in [0.4, 0.5) is 0 Å². The summed E-state index contributed by atoms with van der Waals surface area (Å²) < 4.78 is 10.7. The number of carbonyl (C=O) groups excluding carboxylic acids is 1. The fourth-order valence-electron chi connectivity index (χ4n) is 1.23. The van der Waals surface area contributed by atoms with Crippen molar-refractivity contribution in [2.45, 2.75) is 33.2 Å². The van der Waals surface area contributed by atoms with Gasteiger partial charge in [-0.2, -0.15) is 0 Å². The first kappa shape index (κ1) is 11.6. The van der Waals surface area contributed by atoms with Crippen molar-refractivity contribution in [3.8, 4) is 0 Å². The Morgan fingerprint density at radius 3 is 2.36 bits per heavy atom. The minimum absolute atomic E-state index is 0.0133. The van der Waals surface area contributed by atoms with Gasteiger partial charge in [-0.15, -0.1) is 0 Å². The largest absolute Gasteiger partial charge is 0.387 e. The zero-order valence-corrected chi connectivity index (χ0v) is 8.90. The van der Waals surface area contributed by atoms with Gasteiger partial charge in [0.05, 0.1) is 13.2 Å². The fraction of sp³-hybridized carbons (Fsp3) is 0.900. The van der Waals surface area contributed by atoms with Gasteiger partial charge in [-0.1, -0.05) is 20.8 Å². The molecule has 2 atom stereocenters. The van der Waals surface area contributed by atoms with Gasteiger partial charge in [0.25, 0.3) is 0 Å². The smallest absolute Gasteiger partial charge is 0.184 e. The van der Waals surface area contributed by atoms with Crippen molar-refractivity contribution in [3.63, 3.8) is 0 Å². The second-order valence-corrected chi connectivity index (χ2v) is 4.64. The van der Waals surface area contributed by atoms with Gasteiger partial charge in [-0.25, -0.2) is 0 Å². The molecule has 0 aliphatic carbocycles. The summed E-state index contributed by atoms with van der Waals surface area (Å²) >= 11 is 0. The van der Waals surface area contributed by atoms with Crippen molar-refractivity contribution in [2.24, 2.45) is 11.3 Å². The quantitative estimate of drug-likeness (QED) is 0.680. The maximum Gasteiger partial charge on any atom is 0.184 e. The number of aliphatic hydroxyl groups excluding tert-OH is 1. The third kappa shape index (κ3) is 2.77. The molecule has 0 amide bonds. The summed E-state index contributed by atoms with van der Waals surface area (Å²) in [5, 5.41) is 9.63. The van der Waals surface area contributed by atoms with E-state index in [9.17, 15) is 9.90 Å². The molecule has 1 heterocycles. The lowest BCUT2D eigenvalue weighted by molar-refractivity contribution is -0.261. The van der Waals surface area contributed by atoms with E-state index in [-0.39, 0.29) is 5.41 Å². The lowest BCUT2D eigenvalue weighted by Crippen LogP contribution is -2.45. The van der Waals surface area contributed by atoms with Gasteiger partial charge in [-0.05, 0) is 0 Å². The van der Waals surface area contributed by atoms with Crippen LogP contribution < -0.4 is 0 Å². The Labute approximate surface area is 84.2 Å². The van der Waals surface area contributed by atoms with E-state index in [2.05, 4.69) is 0 Å². The van der Waals surface area contributed by atoms with E-state index < -0.39 is 18.3 Å². The Balaban J connectivity index is 2.45. The molecule has 0 aromatic rings. The lowest BCUT2D eigenvalue weighted by Gasteiger charge is -2.37. The molecule has 1 N–H and O–H groups in total. The molecule has 1 rings (SSSR count). The van der Waals surface area contributed by atoms with Gasteiger partial charge < -0.3 is 19.4 Å². The van der Waals surface area contributed by atoms with Crippen LogP contribution in [-0.2, 0) is 14.3 Å². The molecule has 2 unspecified atom stereocenters. The van der Waals surface area contributed by atoms with Crippen molar-refractivity contribution >= 4 is 6.29 Å². The number of aldehydes is 1. The average Bonchev–Trinajstić information content (AvgIpc) is 2.15. The monoisotopic (exact) mass is 202 g/mol. The first-order valence-electron chi connectivity index (χ1n) is 4.83. The Kier molecular flexibility index (Phi) is 3.64. The lowest BCUT2D eigenvalue weighted by atomic mass is 9.95. The number of rotatable bonds is 3. The van der Waals surface area contributed by atoms with Crippen LogP contribution in [0.2, 0.25) is 0 Å². The molecule has 1 saturated heterocycles. The van der Waals surface area contributed by atoms with Crippen molar-refractivity contribution in [1.82, 2.24) is 0 Å².